The average molecular weight is 291 g/mol. The maximum Gasteiger partial charge on any atom is 0.240 e. The highest BCUT2D eigenvalue weighted by Crippen LogP contribution is 2.20. The second kappa shape index (κ2) is 6.02. The van der Waals surface area contributed by atoms with Crippen LogP contribution in [0.5, 0.6) is 0 Å². The summed E-state index contributed by atoms with van der Waals surface area (Å²) in [5.41, 5.74) is 2.51. The van der Waals surface area contributed by atoms with Gasteiger partial charge < -0.3 is 5.32 Å². The summed E-state index contributed by atoms with van der Waals surface area (Å²) < 4.78 is 26.1. The molecule has 0 radical (unpaired) electrons. The Morgan fingerprint density at radius 1 is 1.25 bits per heavy atom. The van der Waals surface area contributed by atoms with Gasteiger partial charge in [-0.15, -0.1) is 0 Å². The van der Waals surface area contributed by atoms with Gasteiger partial charge in [-0.2, -0.15) is 0 Å². The molecule has 0 fully saturated rings. The minimum atomic E-state index is -3.44. The first-order chi connectivity index (χ1) is 9.53. The fourth-order valence-corrected chi connectivity index (χ4v) is 2.81. The molecule has 0 aliphatic carbocycles. The van der Waals surface area contributed by atoms with Gasteiger partial charge in [0.1, 0.15) is 0 Å². The van der Waals surface area contributed by atoms with Crippen LogP contribution < -0.4 is 10.0 Å². The Hall–Kier alpha value is -1.92. The third kappa shape index (κ3) is 3.34. The fraction of sp³-hybridized carbons (Fsp3) is 0.214. The van der Waals surface area contributed by atoms with Crippen molar-refractivity contribution in [2.75, 3.05) is 12.4 Å². The van der Waals surface area contributed by atoms with Gasteiger partial charge in [-0.25, -0.2) is 13.1 Å². The number of benzene rings is 1. The molecule has 6 heteroatoms. The Balaban J connectivity index is 2.20. The van der Waals surface area contributed by atoms with E-state index in [0.29, 0.717) is 12.1 Å². The molecule has 0 unspecified atom stereocenters. The maximum absolute atomic E-state index is 11.9. The van der Waals surface area contributed by atoms with E-state index in [1.165, 1.54) is 7.05 Å². The first-order valence-electron chi connectivity index (χ1n) is 6.20. The van der Waals surface area contributed by atoms with E-state index in [0.717, 1.165) is 11.3 Å². The van der Waals surface area contributed by atoms with Gasteiger partial charge in [0.05, 0.1) is 4.90 Å². The number of hydrogen-bond acceptors (Lipinski definition) is 4. The van der Waals surface area contributed by atoms with E-state index in [-0.39, 0.29) is 4.90 Å². The van der Waals surface area contributed by atoms with Crippen LogP contribution >= 0.6 is 0 Å². The number of pyridine rings is 1. The van der Waals surface area contributed by atoms with Crippen LogP contribution in [0.1, 0.15) is 11.1 Å². The first kappa shape index (κ1) is 14.5. The monoisotopic (exact) mass is 291 g/mol. The van der Waals surface area contributed by atoms with Crippen molar-refractivity contribution in [3.63, 3.8) is 0 Å². The lowest BCUT2D eigenvalue weighted by atomic mass is 10.2. The molecule has 20 heavy (non-hydrogen) atoms. The number of sulfonamides is 1. The van der Waals surface area contributed by atoms with E-state index in [1.807, 2.05) is 18.2 Å². The standard InChI is InChI=1S/C14H17N3O2S/c1-11-5-6-13(8-14(11)20(18,19)15-2)17-10-12-4-3-7-16-9-12/h3-9,15,17H,10H2,1-2H3. The Kier molecular flexibility index (Phi) is 4.36. The van der Waals surface area contributed by atoms with Crippen LogP contribution in [-0.2, 0) is 16.6 Å². The molecule has 0 atom stereocenters. The number of aryl methyl sites for hydroxylation is 1. The zero-order valence-electron chi connectivity index (χ0n) is 11.4. The summed E-state index contributed by atoms with van der Waals surface area (Å²) >= 11 is 0. The van der Waals surface area contributed by atoms with Crippen LogP contribution in [0.2, 0.25) is 0 Å². The molecule has 2 aromatic rings. The first-order valence-corrected chi connectivity index (χ1v) is 7.68. The lowest BCUT2D eigenvalue weighted by molar-refractivity contribution is 0.587. The van der Waals surface area contributed by atoms with E-state index in [4.69, 9.17) is 0 Å². The Morgan fingerprint density at radius 3 is 2.70 bits per heavy atom. The van der Waals surface area contributed by atoms with Gasteiger partial charge in [0, 0.05) is 24.6 Å². The number of aromatic nitrogens is 1. The molecule has 0 aliphatic heterocycles. The number of anilines is 1. The van der Waals surface area contributed by atoms with Crippen molar-refractivity contribution in [1.29, 1.82) is 0 Å². The second-order valence-electron chi connectivity index (χ2n) is 4.40. The molecule has 2 N–H and O–H groups in total. The molecule has 0 aliphatic rings. The number of rotatable bonds is 5. The maximum atomic E-state index is 11.9. The van der Waals surface area contributed by atoms with Gasteiger partial charge in [0.25, 0.3) is 0 Å². The molecule has 1 heterocycles. The van der Waals surface area contributed by atoms with Crippen LogP contribution in [-0.4, -0.2) is 20.4 Å². The van der Waals surface area contributed by atoms with Crippen molar-refractivity contribution >= 4 is 15.7 Å². The molecule has 0 amide bonds. The second-order valence-corrected chi connectivity index (χ2v) is 6.26. The Labute approximate surface area is 119 Å². The molecule has 0 bridgehead atoms. The zero-order valence-corrected chi connectivity index (χ0v) is 12.2. The molecule has 5 nitrogen and oxygen atoms in total. The molecular formula is C14H17N3O2S. The average Bonchev–Trinajstić information content (AvgIpc) is 2.47. The van der Waals surface area contributed by atoms with Gasteiger partial charge in [-0.1, -0.05) is 12.1 Å². The van der Waals surface area contributed by atoms with Crippen molar-refractivity contribution in [3.05, 3.63) is 53.9 Å². The highest BCUT2D eigenvalue weighted by atomic mass is 32.2. The van der Waals surface area contributed by atoms with E-state index in [9.17, 15) is 8.42 Å². The molecule has 0 saturated carbocycles. The van der Waals surface area contributed by atoms with Crippen molar-refractivity contribution in [2.24, 2.45) is 0 Å². The number of nitrogens with zero attached hydrogens (tertiary/aromatic N) is 1. The highest BCUT2D eigenvalue weighted by molar-refractivity contribution is 7.89. The summed E-state index contributed by atoms with van der Waals surface area (Å²) in [6, 6.07) is 9.11. The largest absolute Gasteiger partial charge is 0.381 e. The summed E-state index contributed by atoms with van der Waals surface area (Å²) in [4.78, 5) is 4.32. The fourth-order valence-electron chi connectivity index (χ4n) is 1.82. The number of hydrogen-bond donors (Lipinski definition) is 2. The smallest absolute Gasteiger partial charge is 0.240 e. The molecule has 0 saturated heterocycles. The molecule has 2 rings (SSSR count). The van der Waals surface area contributed by atoms with E-state index < -0.39 is 10.0 Å². The predicted octanol–water partition coefficient (Wildman–Crippen LogP) is 1.91. The van der Waals surface area contributed by atoms with Crippen molar-refractivity contribution in [1.82, 2.24) is 9.71 Å². The van der Waals surface area contributed by atoms with E-state index in [1.54, 1.807) is 31.5 Å². The minimum absolute atomic E-state index is 0.288. The van der Waals surface area contributed by atoms with Crippen molar-refractivity contribution < 1.29 is 8.42 Å². The minimum Gasteiger partial charge on any atom is -0.381 e. The van der Waals surface area contributed by atoms with Crippen LogP contribution in [0.15, 0.2) is 47.6 Å². The molecule has 1 aromatic heterocycles. The number of nitrogens with one attached hydrogen (secondary N) is 2. The van der Waals surface area contributed by atoms with Crippen LogP contribution in [0.4, 0.5) is 5.69 Å². The molecule has 106 valence electrons. The van der Waals surface area contributed by atoms with E-state index in [2.05, 4.69) is 15.0 Å². The van der Waals surface area contributed by atoms with Gasteiger partial charge in [0.15, 0.2) is 0 Å². The summed E-state index contributed by atoms with van der Waals surface area (Å²) in [5.74, 6) is 0. The van der Waals surface area contributed by atoms with Gasteiger partial charge in [0.2, 0.25) is 10.0 Å². The van der Waals surface area contributed by atoms with Crippen LogP contribution in [0.3, 0.4) is 0 Å². The SMILES string of the molecule is CNS(=O)(=O)c1cc(NCc2cccnc2)ccc1C. The summed E-state index contributed by atoms with van der Waals surface area (Å²) in [5, 5.41) is 3.19. The van der Waals surface area contributed by atoms with Gasteiger partial charge >= 0.3 is 0 Å². The zero-order chi connectivity index (χ0) is 14.6. The third-order valence-electron chi connectivity index (χ3n) is 2.97. The van der Waals surface area contributed by atoms with Crippen molar-refractivity contribution in [3.8, 4) is 0 Å². The Morgan fingerprint density at radius 2 is 2.05 bits per heavy atom. The summed E-state index contributed by atoms with van der Waals surface area (Å²) in [6.07, 6.45) is 3.49. The lowest BCUT2D eigenvalue weighted by Gasteiger charge is -2.11. The van der Waals surface area contributed by atoms with E-state index >= 15 is 0 Å². The van der Waals surface area contributed by atoms with Gasteiger partial charge in [-0.05, 0) is 43.3 Å². The predicted molar refractivity (Wildman–Crippen MR) is 79.0 cm³/mol. The highest BCUT2D eigenvalue weighted by Gasteiger charge is 2.14. The summed E-state index contributed by atoms with van der Waals surface area (Å²) in [6.45, 7) is 2.37. The van der Waals surface area contributed by atoms with Crippen LogP contribution in [0, 0.1) is 6.92 Å². The normalized spacial score (nSPS) is 11.3. The molecule has 0 spiro atoms. The molecule has 1 aromatic carbocycles. The Bertz CT molecular complexity index is 685. The topological polar surface area (TPSA) is 71.1 Å². The van der Waals surface area contributed by atoms with Crippen LogP contribution in [0.25, 0.3) is 0 Å². The lowest BCUT2D eigenvalue weighted by Crippen LogP contribution is -2.19. The van der Waals surface area contributed by atoms with Gasteiger partial charge in [-0.3, -0.25) is 4.98 Å². The van der Waals surface area contributed by atoms with Crippen molar-refractivity contribution in [2.45, 2.75) is 18.4 Å². The summed E-state index contributed by atoms with van der Waals surface area (Å²) in [7, 11) is -2.03. The quantitative estimate of drug-likeness (QED) is 0.883. The third-order valence-corrected chi connectivity index (χ3v) is 4.52. The molecular weight excluding hydrogens is 274 g/mol.